The first-order valence-electron chi connectivity index (χ1n) is 13.9. The van der Waals surface area contributed by atoms with Crippen LogP contribution in [0.4, 0.5) is 0 Å². The van der Waals surface area contributed by atoms with Crippen molar-refractivity contribution in [1.82, 2.24) is 0 Å². The lowest BCUT2D eigenvalue weighted by Crippen LogP contribution is -2.56. The monoisotopic (exact) mass is 438 g/mol. The highest BCUT2D eigenvalue weighted by Crippen LogP contribution is 2.89. The molecule has 0 radical (unpaired) electrons. The van der Waals surface area contributed by atoms with Crippen LogP contribution in [0.1, 0.15) is 113 Å². The van der Waals surface area contributed by atoms with Gasteiger partial charge in [-0.1, -0.05) is 60.6 Å². The summed E-state index contributed by atoms with van der Waals surface area (Å²) in [5.74, 6) is 4.54. The molecule has 180 valence electrons. The summed E-state index contributed by atoms with van der Waals surface area (Å²) in [5, 5.41) is 11.3. The molecule has 0 aliphatic heterocycles. The van der Waals surface area contributed by atoms with Gasteiger partial charge in [0.05, 0.1) is 5.76 Å². The molecule has 32 heavy (non-hydrogen) atoms. The molecule has 5 aliphatic rings. The molecule has 5 rings (SSSR count). The molecule has 0 aromatic rings. The Labute approximate surface area is 198 Å². The van der Waals surface area contributed by atoms with Crippen molar-refractivity contribution < 1.29 is 5.11 Å². The zero-order valence-electron chi connectivity index (χ0n) is 22.2. The SMILES string of the molecule is C=C(CCC(C)C1CCC2(C)C3CCC4C(C)(C)CC=C(O)C45CC35CCC12C)C(C)C. The highest BCUT2D eigenvalue weighted by molar-refractivity contribution is 5.38. The van der Waals surface area contributed by atoms with Crippen LogP contribution in [0.3, 0.4) is 0 Å². The Balaban J connectivity index is 1.42. The minimum Gasteiger partial charge on any atom is -0.512 e. The third kappa shape index (κ3) is 2.63. The highest BCUT2D eigenvalue weighted by atomic mass is 16.3. The predicted molar refractivity (Wildman–Crippen MR) is 135 cm³/mol. The highest BCUT2D eigenvalue weighted by Gasteiger charge is 2.83. The van der Waals surface area contributed by atoms with Crippen LogP contribution in [-0.2, 0) is 0 Å². The number of aliphatic hydroxyl groups excluding tert-OH is 1. The van der Waals surface area contributed by atoms with Gasteiger partial charge in [-0.05, 0) is 122 Å². The number of fused-ring (bicyclic) bond motifs is 2. The van der Waals surface area contributed by atoms with E-state index in [0.29, 0.717) is 33.5 Å². The molecule has 4 saturated carbocycles. The van der Waals surface area contributed by atoms with Gasteiger partial charge < -0.3 is 5.11 Å². The maximum Gasteiger partial charge on any atom is 0.0953 e. The van der Waals surface area contributed by atoms with E-state index in [1.807, 2.05) is 0 Å². The van der Waals surface area contributed by atoms with Crippen molar-refractivity contribution >= 4 is 0 Å². The van der Waals surface area contributed by atoms with Gasteiger partial charge >= 0.3 is 0 Å². The second kappa shape index (κ2) is 6.91. The van der Waals surface area contributed by atoms with Crippen molar-refractivity contribution in [2.45, 2.75) is 113 Å². The molecule has 0 amide bonds. The Morgan fingerprint density at radius 3 is 2.38 bits per heavy atom. The summed E-state index contributed by atoms with van der Waals surface area (Å²) in [6.07, 6.45) is 15.4. The lowest BCUT2D eigenvalue weighted by atomic mass is 9.42. The average Bonchev–Trinajstić information content (AvgIpc) is 3.34. The molecule has 0 aromatic carbocycles. The van der Waals surface area contributed by atoms with Gasteiger partial charge in [-0.2, -0.15) is 0 Å². The van der Waals surface area contributed by atoms with Crippen LogP contribution in [0.5, 0.6) is 0 Å². The summed E-state index contributed by atoms with van der Waals surface area (Å²) in [6.45, 7) is 21.8. The van der Waals surface area contributed by atoms with Crippen molar-refractivity contribution in [3.05, 3.63) is 24.0 Å². The minimum atomic E-state index is 0.126. The largest absolute Gasteiger partial charge is 0.512 e. The molecular weight excluding hydrogens is 388 g/mol. The van der Waals surface area contributed by atoms with E-state index in [4.69, 9.17) is 0 Å². The fraction of sp³-hybridized carbons (Fsp3) is 0.871. The molecule has 5 aliphatic carbocycles. The second-order valence-corrected chi connectivity index (χ2v) is 14.6. The third-order valence-electron chi connectivity index (χ3n) is 13.0. The van der Waals surface area contributed by atoms with E-state index in [1.165, 1.54) is 63.4 Å². The number of allylic oxidation sites excluding steroid dienone is 3. The molecule has 2 spiro atoms. The summed E-state index contributed by atoms with van der Waals surface area (Å²) in [4.78, 5) is 0. The van der Waals surface area contributed by atoms with Crippen molar-refractivity contribution in [2.24, 2.45) is 56.7 Å². The van der Waals surface area contributed by atoms with Crippen molar-refractivity contribution in [3.63, 3.8) is 0 Å². The van der Waals surface area contributed by atoms with Crippen LogP contribution in [0, 0.1) is 56.7 Å². The standard InChI is InChI=1S/C31H50O/c1-20(2)21(3)9-10-22(4)23-13-16-29(8)25-12-11-24-27(5,6)15-14-26(32)31(24)19-30(25,31)18-17-28(23,29)7/h14,20,22-25,32H,3,9-13,15-19H2,1-2,4-8H3. The fourth-order valence-electron chi connectivity index (χ4n) is 10.7. The maximum absolute atomic E-state index is 11.3. The van der Waals surface area contributed by atoms with Crippen molar-refractivity contribution in [2.75, 3.05) is 0 Å². The fourth-order valence-corrected chi connectivity index (χ4v) is 10.7. The van der Waals surface area contributed by atoms with E-state index >= 15 is 0 Å². The summed E-state index contributed by atoms with van der Waals surface area (Å²) in [6, 6.07) is 0. The molecule has 4 fully saturated rings. The average molecular weight is 439 g/mol. The van der Waals surface area contributed by atoms with Gasteiger partial charge in [-0.25, -0.2) is 0 Å². The zero-order chi connectivity index (χ0) is 23.3. The summed E-state index contributed by atoms with van der Waals surface area (Å²) >= 11 is 0. The van der Waals surface area contributed by atoms with Crippen LogP contribution in [0.25, 0.3) is 0 Å². The van der Waals surface area contributed by atoms with E-state index in [-0.39, 0.29) is 5.41 Å². The number of hydrogen-bond acceptors (Lipinski definition) is 1. The van der Waals surface area contributed by atoms with E-state index in [2.05, 4.69) is 61.1 Å². The molecular formula is C31H50O. The quantitative estimate of drug-likeness (QED) is 0.424. The molecule has 0 saturated heterocycles. The van der Waals surface area contributed by atoms with E-state index in [9.17, 15) is 5.11 Å². The Morgan fingerprint density at radius 2 is 1.69 bits per heavy atom. The third-order valence-corrected chi connectivity index (χ3v) is 13.0. The predicted octanol–water partition coefficient (Wildman–Crippen LogP) is 9.11. The first-order chi connectivity index (χ1) is 14.9. The second-order valence-electron chi connectivity index (χ2n) is 14.6. The van der Waals surface area contributed by atoms with Gasteiger partial charge in [0.15, 0.2) is 0 Å². The van der Waals surface area contributed by atoms with Gasteiger partial charge in [0.2, 0.25) is 0 Å². The molecule has 1 nitrogen and oxygen atoms in total. The lowest BCUT2D eigenvalue weighted by Gasteiger charge is -2.62. The smallest absolute Gasteiger partial charge is 0.0953 e. The van der Waals surface area contributed by atoms with Crippen molar-refractivity contribution in [3.8, 4) is 0 Å². The topological polar surface area (TPSA) is 20.2 Å². The normalized spacial score (nSPS) is 49.4. The minimum absolute atomic E-state index is 0.126. The molecule has 8 atom stereocenters. The molecule has 1 heteroatoms. The lowest BCUT2D eigenvalue weighted by molar-refractivity contribution is -0.134. The van der Waals surface area contributed by atoms with Gasteiger partial charge in [0.25, 0.3) is 0 Å². The van der Waals surface area contributed by atoms with E-state index < -0.39 is 0 Å². The van der Waals surface area contributed by atoms with Crippen LogP contribution in [-0.4, -0.2) is 5.11 Å². The summed E-state index contributed by atoms with van der Waals surface area (Å²) in [5.41, 5.74) is 3.20. The molecule has 0 heterocycles. The van der Waals surface area contributed by atoms with Crippen molar-refractivity contribution in [1.29, 1.82) is 0 Å². The summed E-state index contributed by atoms with van der Waals surface area (Å²) < 4.78 is 0. The maximum atomic E-state index is 11.3. The molecule has 8 unspecified atom stereocenters. The van der Waals surface area contributed by atoms with E-state index in [0.717, 1.165) is 29.9 Å². The Kier molecular flexibility index (Phi) is 4.98. The van der Waals surface area contributed by atoms with Gasteiger partial charge in [-0.15, -0.1) is 0 Å². The summed E-state index contributed by atoms with van der Waals surface area (Å²) in [7, 11) is 0. The van der Waals surface area contributed by atoms with Crippen LogP contribution >= 0.6 is 0 Å². The van der Waals surface area contributed by atoms with Gasteiger partial charge in [-0.3, -0.25) is 0 Å². The van der Waals surface area contributed by atoms with Crippen LogP contribution < -0.4 is 0 Å². The Bertz CT molecular complexity index is 833. The van der Waals surface area contributed by atoms with E-state index in [1.54, 1.807) is 0 Å². The van der Waals surface area contributed by atoms with Gasteiger partial charge in [0.1, 0.15) is 0 Å². The zero-order valence-corrected chi connectivity index (χ0v) is 22.2. The van der Waals surface area contributed by atoms with Crippen LogP contribution in [0.15, 0.2) is 24.0 Å². The molecule has 1 N–H and O–H groups in total. The first-order valence-corrected chi connectivity index (χ1v) is 13.9. The first kappa shape index (κ1) is 23.0. The number of rotatable bonds is 5. The number of hydrogen-bond donors (Lipinski definition) is 1. The molecule has 0 bridgehead atoms. The number of aliphatic hydroxyl groups is 1. The Hall–Kier alpha value is -0.720. The van der Waals surface area contributed by atoms with Crippen LogP contribution in [0.2, 0.25) is 0 Å². The van der Waals surface area contributed by atoms with Gasteiger partial charge in [0, 0.05) is 5.41 Å². The Morgan fingerprint density at radius 1 is 1.00 bits per heavy atom. The molecule has 0 aromatic heterocycles.